The standard InChI is InChI=1S/C18H12BrNO2/c19-15-11-9-14(10-12-15)17-20-16(18(21)22-17)8-4-7-13-5-2-1-3-6-13/h1-12H/b7-4+,16-8-. The van der Waals surface area contributed by atoms with Crippen molar-refractivity contribution in [2.75, 3.05) is 0 Å². The van der Waals surface area contributed by atoms with Crippen molar-refractivity contribution in [3.63, 3.8) is 0 Å². The van der Waals surface area contributed by atoms with Gasteiger partial charge < -0.3 is 4.74 Å². The first-order valence-electron chi connectivity index (χ1n) is 6.72. The minimum Gasteiger partial charge on any atom is -0.402 e. The van der Waals surface area contributed by atoms with Crippen molar-refractivity contribution < 1.29 is 9.53 Å². The van der Waals surface area contributed by atoms with Crippen LogP contribution in [0.2, 0.25) is 0 Å². The van der Waals surface area contributed by atoms with Crippen molar-refractivity contribution in [2.45, 2.75) is 0 Å². The van der Waals surface area contributed by atoms with Crippen LogP contribution in [0.25, 0.3) is 6.08 Å². The zero-order valence-corrected chi connectivity index (χ0v) is 13.2. The first-order chi connectivity index (χ1) is 10.7. The number of hydrogen-bond donors (Lipinski definition) is 0. The molecule has 0 saturated heterocycles. The van der Waals surface area contributed by atoms with Gasteiger partial charge in [0.25, 0.3) is 0 Å². The van der Waals surface area contributed by atoms with Crippen LogP contribution in [-0.2, 0) is 9.53 Å². The molecule has 2 aromatic carbocycles. The third kappa shape index (κ3) is 3.40. The molecule has 1 aliphatic heterocycles. The number of hydrogen-bond acceptors (Lipinski definition) is 3. The molecule has 0 atom stereocenters. The minimum absolute atomic E-state index is 0.296. The van der Waals surface area contributed by atoms with Gasteiger partial charge in [-0.05, 0) is 35.9 Å². The quantitative estimate of drug-likeness (QED) is 0.607. The van der Waals surface area contributed by atoms with Crippen LogP contribution in [0.15, 0.2) is 81.9 Å². The van der Waals surface area contributed by atoms with Crippen LogP contribution in [-0.4, -0.2) is 11.9 Å². The molecule has 0 fully saturated rings. The number of carbonyl (C=O) groups is 1. The summed E-state index contributed by atoms with van der Waals surface area (Å²) in [4.78, 5) is 16.1. The van der Waals surface area contributed by atoms with Gasteiger partial charge in [0.15, 0.2) is 5.70 Å². The lowest BCUT2D eigenvalue weighted by Crippen LogP contribution is -2.04. The lowest BCUT2D eigenvalue weighted by atomic mass is 10.2. The Hall–Kier alpha value is -2.46. The Kier molecular flexibility index (Phi) is 4.30. The van der Waals surface area contributed by atoms with Crippen molar-refractivity contribution in [2.24, 2.45) is 4.99 Å². The summed E-state index contributed by atoms with van der Waals surface area (Å²) in [6, 6.07) is 17.3. The van der Waals surface area contributed by atoms with Gasteiger partial charge in [0.1, 0.15) is 0 Å². The molecule has 4 heteroatoms. The molecule has 22 heavy (non-hydrogen) atoms. The van der Waals surface area contributed by atoms with Crippen molar-refractivity contribution in [1.82, 2.24) is 0 Å². The van der Waals surface area contributed by atoms with Crippen molar-refractivity contribution >= 4 is 33.9 Å². The predicted octanol–water partition coefficient (Wildman–Crippen LogP) is 4.35. The van der Waals surface area contributed by atoms with Crippen LogP contribution in [0.1, 0.15) is 11.1 Å². The first-order valence-corrected chi connectivity index (χ1v) is 7.52. The molecule has 0 aliphatic carbocycles. The van der Waals surface area contributed by atoms with Gasteiger partial charge in [-0.3, -0.25) is 0 Å². The highest BCUT2D eigenvalue weighted by Crippen LogP contribution is 2.18. The Labute approximate surface area is 136 Å². The van der Waals surface area contributed by atoms with Crippen LogP contribution in [0.4, 0.5) is 0 Å². The number of rotatable bonds is 3. The van der Waals surface area contributed by atoms with E-state index in [1.165, 1.54) is 0 Å². The number of halogens is 1. The zero-order valence-electron chi connectivity index (χ0n) is 11.6. The van der Waals surface area contributed by atoms with Crippen LogP contribution >= 0.6 is 15.9 Å². The lowest BCUT2D eigenvalue weighted by Gasteiger charge is -1.98. The van der Waals surface area contributed by atoms with E-state index in [1.807, 2.05) is 60.7 Å². The van der Waals surface area contributed by atoms with E-state index >= 15 is 0 Å². The Morgan fingerprint density at radius 1 is 1.00 bits per heavy atom. The number of carbonyl (C=O) groups excluding carboxylic acids is 1. The van der Waals surface area contributed by atoms with Crippen molar-refractivity contribution in [3.05, 3.63) is 88.0 Å². The molecule has 0 saturated carbocycles. The molecule has 0 amide bonds. The number of allylic oxidation sites excluding steroid dienone is 2. The fourth-order valence-electron chi connectivity index (χ4n) is 1.95. The molecule has 108 valence electrons. The second kappa shape index (κ2) is 6.54. The number of cyclic esters (lactones) is 1. The van der Waals surface area contributed by atoms with E-state index in [1.54, 1.807) is 12.2 Å². The highest BCUT2D eigenvalue weighted by Gasteiger charge is 2.23. The molecule has 0 radical (unpaired) electrons. The van der Waals surface area contributed by atoms with Crippen LogP contribution in [0, 0.1) is 0 Å². The minimum atomic E-state index is -0.435. The summed E-state index contributed by atoms with van der Waals surface area (Å²) >= 11 is 3.37. The third-order valence-electron chi connectivity index (χ3n) is 3.05. The maximum Gasteiger partial charge on any atom is 0.363 e. The molecule has 3 nitrogen and oxygen atoms in total. The average molecular weight is 354 g/mol. The maximum atomic E-state index is 11.8. The number of esters is 1. The zero-order chi connectivity index (χ0) is 15.4. The second-order valence-electron chi connectivity index (χ2n) is 4.64. The van der Waals surface area contributed by atoms with Gasteiger partial charge >= 0.3 is 5.97 Å². The number of aliphatic imine (C=N–C) groups is 1. The van der Waals surface area contributed by atoms with E-state index in [-0.39, 0.29) is 0 Å². The van der Waals surface area contributed by atoms with Crippen LogP contribution in [0.5, 0.6) is 0 Å². The highest BCUT2D eigenvalue weighted by molar-refractivity contribution is 9.10. The summed E-state index contributed by atoms with van der Waals surface area (Å²) in [5, 5.41) is 0. The first kappa shape index (κ1) is 14.5. The fourth-order valence-corrected chi connectivity index (χ4v) is 2.22. The summed E-state index contributed by atoms with van der Waals surface area (Å²) in [6.45, 7) is 0. The van der Waals surface area contributed by atoms with Gasteiger partial charge in [0.05, 0.1) is 0 Å². The van der Waals surface area contributed by atoms with Gasteiger partial charge in [-0.15, -0.1) is 0 Å². The molecule has 1 heterocycles. The molecule has 0 spiro atoms. The highest BCUT2D eigenvalue weighted by atomic mass is 79.9. The summed E-state index contributed by atoms with van der Waals surface area (Å²) in [6.07, 6.45) is 5.36. The third-order valence-corrected chi connectivity index (χ3v) is 3.58. The SMILES string of the molecule is O=C1OC(c2ccc(Br)cc2)=N/C1=C\C=C\c1ccccc1. The summed E-state index contributed by atoms with van der Waals surface area (Å²) < 4.78 is 6.16. The Morgan fingerprint density at radius 2 is 1.73 bits per heavy atom. The number of nitrogens with zero attached hydrogens (tertiary/aromatic N) is 1. The van der Waals surface area contributed by atoms with E-state index in [0.29, 0.717) is 11.6 Å². The molecule has 0 aromatic heterocycles. The topological polar surface area (TPSA) is 38.7 Å². The summed E-state index contributed by atoms with van der Waals surface area (Å²) in [5.74, 6) is -0.104. The Bertz CT molecular complexity index is 774. The maximum absolute atomic E-state index is 11.8. The lowest BCUT2D eigenvalue weighted by molar-refractivity contribution is -0.130. The fraction of sp³-hybridized carbons (Fsp3) is 0. The van der Waals surface area contributed by atoms with Crippen LogP contribution in [0.3, 0.4) is 0 Å². The van der Waals surface area contributed by atoms with Gasteiger partial charge in [0.2, 0.25) is 5.90 Å². The largest absolute Gasteiger partial charge is 0.402 e. The summed E-state index contributed by atoms with van der Waals surface area (Å²) in [7, 11) is 0. The molecule has 1 aliphatic rings. The normalized spacial score (nSPS) is 16.1. The summed E-state index contributed by atoms with van der Waals surface area (Å²) in [5.41, 5.74) is 2.12. The van der Waals surface area contributed by atoms with Gasteiger partial charge in [0, 0.05) is 10.0 Å². The van der Waals surface area contributed by atoms with E-state index in [0.717, 1.165) is 15.6 Å². The molecular weight excluding hydrogens is 342 g/mol. The second-order valence-corrected chi connectivity index (χ2v) is 5.55. The smallest absolute Gasteiger partial charge is 0.363 e. The average Bonchev–Trinajstić information content (AvgIpc) is 2.90. The molecule has 3 rings (SSSR count). The Balaban J connectivity index is 1.79. The van der Waals surface area contributed by atoms with Crippen molar-refractivity contribution in [3.8, 4) is 0 Å². The molecule has 0 bridgehead atoms. The van der Waals surface area contributed by atoms with Gasteiger partial charge in [-0.1, -0.05) is 58.4 Å². The van der Waals surface area contributed by atoms with Crippen LogP contribution < -0.4 is 0 Å². The molecule has 0 unspecified atom stereocenters. The van der Waals surface area contributed by atoms with E-state index in [4.69, 9.17) is 4.74 Å². The Morgan fingerprint density at radius 3 is 2.45 bits per heavy atom. The van der Waals surface area contributed by atoms with E-state index in [9.17, 15) is 4.79 Å². The van der Waals surface area contributed by atoms with Gasteiger partial charge in [-0.25, -0.2) is 9.79 Å². The number of ether oxygens (including phenoxy) is 1. The van der Waals surface area contributed by atoms with E-state index < -0.39 is 5.97 Å². The monoisotopic (exact) mass is 353 g/mol. The predicted molar refractivity (Wildman–Crippen MR) is 90.3 cm³/mol. The van der Waals surface area contributed by atoms with E-state index in [2.05, 4.69) is 20.9 Å². The molecule has 2 aromatic rings. The molecular formula is C18H12BrNO2. The van der Waals surface area contributed by atoms with Gasteiger partial charge in [-0.2, -0.15) is 0 Å². The van der Waals surface area contributed by atoms with Crippen molar-refractivity contribution in [1.29, 1.82) is 0 Å². The molecule has 0 N–H and O–H groups in total. The number of benzene rings is 2.